The first-order valence-electron chi connectivity index (χ1n) is 7.40. The van der Waals surface area contributed by atoms with Crippen molar-refractivity contribution in [2.24, 2.45) is 0 Å². The van der Waals surface area contributed by atoms with Crippen LogP contribution < -0.4 is 9.62 Å². The predicted octanol–water partition coefficient (Wildman–Crippen LogP) is 2.47. The highest BCUT2D eigenvalue weighted by atomic mass is 32.2. The van der Waals surface area contributed by atoms with Gasteiger partial charge in [-0.15, -0.1) is 0 Å². The Bertz CT molecular complexity index is 823. The number of benzene rings is 2. The lowest BCUT2D eigenvalue weighted by Crippen LogP contribution is -2.37. The number of nitrogens with one attached hydrogen (secondary N) is 1. The Hall–Kier alpha value is -2.25. The van der Waals surface area contributed by atoms with Crippen LogP contribution >= 0.6 is 0 Å². The minimum Gasteiger partial charge on any atom is -0.311 e. The van der Waals surface area contributed by atoms with Gasteiger partial charge < -0.3 is 4.90 Å². The molecule has 2 aromatic rings. The van der Waals surface area contributed by atoms with Gasteiger partial charge in [0, 0.05) is 25.7 Å². The fraction of sp³-hybridized carbons (Fsp3) is 0.235. The van der Waals surface area contributed by atoms with E-state index >= 15 is 0 Å². The zero-order valence-electron chi connectivity index (χ0n) is 13.5. The summed E-state index contributed by atoms with van der Waals surface area (Å²) in [5, 5.41) is 0. The molecule has 0 aromatic heterocycles. The van der Waals surface area contributed by atoms with Crippen LogP contribution in [0, 0.1) is 12.7 Å². The Morgan fingerprint density at radius 2 is 1.83 bits per heavy atom. The maximum atomic E-state index is 13.1. The Balaban J connectivity index is 2.07. The molecule has 0 atom stereocenters. The standard InChI is InChI=1S/C17H19FN2O3S/c1-13-12-15(18)8-9-17(13)24(22,23)19-10-11-20(14(2)21)16-6-4-3-5-7-16/h3-9,12,19H,10-11H2,1-2H3. The number of nitrogens with zero attached hydrogens (tertiary/aromatic N) is 1. The third kappa shape index (κ3) is 4.39. The fourth-order valence-electron chi connectivity index (χ4n) is 2.36. The summed E-state index contributed by atoms with van der Waals surface area (Å²) in [7, 11) is -3.77. The second-order valence-electron chi connectivity index (χ2n) is 5.31. The van der Waals surface area contributed by atoms with E-state index in [0.717, 1.165) is 6.07 Å². The number of para-hydroxylation sites is 1. The summed E-state index contributed by atoms with van der Waals surface area (Å²) in [6, 6.07) is 12.5. The summed E-state index contributed by atoms with van der Waals surface area (Å²) in [4.78, 5) is 13.3. The molecule has 128 valence electrons. The molecule has 0 radical (unpaired) electrons. The van der Waals surface area contributed by atoms with Crippen LogP contribution in [-0.4, -0.2) is 27.4 Å². The van der Waals surface area contributed by atoms with E-state index in [9.17, 15) is 17.6 Å². The van der Waals surface area contributed by atoms with Crippen molar-refractivity contribution in [1.82, 2.24) is 4.72 Å². The topological polar surface area (TPSA) is 66.5 Å². The molecule has 0 aliphatic heterocycles. The van der Waals surface area contributed by atoms with Crippen LogP contribution in [0.3, 0.4) is 0 Å². The van der Waals surface area contributed by atoms with Crippen molar-refractivity contribution in [3.8, 4) is 0 Å². The lowest BCUT2D eigenvalue weighted by molar-refractivity contribution is -0.116. The molecule has 0 heterocycles. The number of aryl methyl sites for hydroxylation is 1. The Morgan fingerprint density at radius 1 is 1.17 bits per heavy atom. The van der Waals surface area contributed by atoms with Gasteiger partial charge >= 0.3 is 0 Å². The molecule has 0 fully saturated rings. The second kappa shape index (κ2) is 7.55. The van der Waals surface area contributed by atoms with E-state index in [4.69, 9.17) is 0 Å². The van der Waals surface area contributed by atoms with Crippen LogP contribution in [0.1, 0.15) is 12.5 Å². The molecule has 0 unspecified atom stereocenters. The molecule has 0 aliphatic carbocycles. The highest BCUT2D eigenvalue weighted by Gasteiger charge is 2.18. The van der Waals surface area contributed by atoms with E-state index < -0.39 is 15.8 Å². The molecule has 0 spiro atoms. The van der Waals surface area contributed by atoms with Gasteiger partial charge in [-0.25, -0.2) is 17.5 Å². The molecule has 2 rings (SSSR count). The number of carbonyl (C=O) groups excluding carboxylic acids is 1. The van der Waals surface area contributed by atoms with E-state index in [1.165, 1.54) is 30.9 Å². The quantitative estimate of drug-likeness (QED) is 0.870. The number of rotatable bonds is 6. The first-order chi connectivity index (χ1) is 11.3. The second-order valence-corrected chi connectivity index (χ2v) is 7.05. The number of amides is 1. The van der Waals surface area contributed by atoms with E-state index in [2.05, 4.69) is 4.72 Å². The Morgan fingerprint density at radius 3 is 2.42 bits per heavy atom. The predicted molar refractivity (Wildman–Crippen MR) is 90.8 cm³/mol. The van der Waals surface area contributed by atoms with E-state index in [-0.39, 0.29) is 23.9 Å². The third-order valence-electron chi connectivity index (χ3n) is 3.50. The molecule has 1 N–H and O–H groups in total. The molecule has 2 aromatic carbocycles. The van der Waals surface area contributed by atoms with Gasteiger partial charge in [-0.05, 0) is 42.8 Å². The molecule has 0 bridgehead atoms. The van der Waals surface area contributed by atoms with Crippen molar-refractivity contribution in [2.75, 3.05) is 18.0 Å². The summed E-state index contributed by atoms with van der Waals surface area (Å²) in [6.07, 6.45) is 0. The average Bonchev–Trinajstić information content (AvgIpc) is 2.51. The minimum atomic E-state index is -3.77. The van der Waals surface area contributed by atoms with Gasteiger partial charge in [-0.1, -0.05) is 18.2 Å². The number of sulfonamides is 1. The van der Waals surface area contributed by atoms with Crippen molar-refractivity contribution >= 4 is 21.6 Å². The molecule has 24 heavy (non-hydrogen) atoms. The highest BCUT2D eigenvalue weighted by molar-refractivity contribution is 7.89. The smallest absolute Gasteiger partial charge is 0.240 e. The maximum Gasteiger partial charge on any atom is 0.240 e. The number of hydrogen-bond acceptors (Lipinski definition) is 3. The molecule has 7 heteroatoms. The number of anilines is 1. The zero-order chi connectivity index (χ0) is 17.7. The van der Waals surface area contributed by atoms with E-state index in [1.807, 2.05) is 6.07 Å². The summed E-state index contributed by atoms with van der Waals surface area (Å²) in [5.74, 6) is -0.670. The summed E-state index contributed by atoms with van der Waals surface area (Å²) < 4.78 is 40.2. The SMILES string of the molecule is CC(=O)N(CCNS(=O)(=O)c1ccc(F)cc1C)c1ccccc1. The van der Waals surface area contributed by atoms with E-state index in [1.54, 1.807) is 24.3 Å². The summed E-state index contributed by atoms with van der Waals surface area (Å²) >= 11 is 0. The molecule has 0 saturated heterocycles. The molecule has 1 amide bonds. The largest absolute Gasteiger partial charge is 0.311 e. The number of hydrogen-bond donors (Lipinski definition) is 1. The molecule has 0 aliphatic rings. The van der Waals surface area contributed by atoms with Gasteiger partial charge in [0.2, 0.25) is 15.9 Å². The van der Waals surface area contributed by atoms with Crippen LogP contribution in [0.25, 0.3) is 0 Å². The minimum absolute atomic E-state index is 0.0259. The van der Waals surface area contributed by atoms with Crippen molar-refractivity contribution in [3.05, 3.63) is 59.9 Å². The Labute approximate surface area is 141 Å². The normalized spacial score (nSPS) is 11.3. The summed E-state index contributed by atoms with van der Waals surface area (Å²) in [5.41, 5.74) is 1.02. The average molecular weight is 350 g/mol. The van der Waals surface area contributed by atoms with Crippen molar-refractivity contribution in [2.45, 2.75) is 18.7 Å². The van der Waals surface area contributed by atoms with E-state index in [0.29, 0.717) is 11.3 Å². The molecule has 0 saturated carbocycles. The monoisotopic (exact) mass is 350 g/mol. The Kier molecular flexibility index (Phi) is 5.69. The van der Waals surface area contributed by atoms with Gasteiger partial charge in [-0.3, -0.25) is 4.79 Å². The van der Waals surface area contributed by atoms with Crippen LogP contribution in [0.15, 0.2) is 53.4 Å². The van der Waals surface area contributed by atoms with Crippen LogP contribution in [-0.2, 0) is 14.8 Å². The lowest BCUT2D eigenvalue weighted by Gasteiger charge is -2.21. The summed E-state index contributed by atoms with van der Waals surface area (Å²) in [6.45, 7) is 3.20. The third-order valence-corrected chi connectivity index (χ3v) is 5.12. The van der Waals surface area contributed by atoms with Crippen LogP contribution in [0.2, 0.25) is 0 Å². The molecule has 5 nitrogen and oxygen atoms in total. The fourth-order valence-corrected chi connectivity index (χ4v) is 3.61. The zero-order valence-corrected chi connectivity index (χ0v) is 14.3. The van der Waals surface area contributed by atoms with Gasteiger partial charge in [-0.2, -0.15) is 0 Å². The van der Waals surface area contributed by atoms with Gasteiger partial charge in [0.25, 0.3) is 0 Å². The van der Waals surface area contributed by atoms with Crippen molar-refractivity contribution in [3.63, 3.8) is 0 Å². The van der Waals surface area contributed by atoms with Crippen molar-refractivity contribution < 1.29 is 17.6 Å². The van der Waals surface area contributed by atoms with Gasteiger partial charge in [0.15, 0.2) is 0 Å². The first kappa shape index (κ1) is 18.1. The van der Waals surface area contributed by atoms with Crippen LogP contribution in [0.4, 0.5) is 10.1 Å². The molecular formula is C17H19FN2O3S. The van der Waals surface area contributed by atoms with Crippen molar-refractivity contribution in [1.29, 1.82) is 0 Å². The van der Waals surface area contributed by atoms with Crippen LogP contribution in [0.5, 0.6) is 0 Å². The number of carbonyl (C=O) groups is 1. The van der Waals surface area contributed by atoms with Gasteiger partial charge in [0.1, 0.15) is 5.82 Å². The van der Waals surface area contributed by atoms with Gasteiger partial charge in [0.05, 0.1) is 4.90 Å². The first-order valence-corrected chi connectivity index (χ1v) is 8.88. The highest BCUT2D eigenvalue weighted by Crippen LogP contribution is 2.16. The molecular weight excluding hydrogens is 331 g/mol. The maximum absolute atomic E-state index is 13.1. The number of halogens is 1. The lowest BCUT2D eigenvalue weighted by atomic mass is 10.2.